The van der Waals surface area contributed by atoms with E-state index in [1.807, 2.05) is 0 Å². The van der Waals surface area contributed by atoms with Crippen LogP contribution in [0.25, 0.3) is 0 Å². The van der Waals surface area contributed by atoms with Crippen LogP contribution < -0.4 is 30.8 Å². The van der Waals surface area contributed by atoms with Gasteiger partial charge in [-0.3, -0.25) is 0 Å². The van der Waals surface area contributed by atoms with Gasteiger partial charge in [-0.1, -0.05) is 93.1 Å². The Morgan fingerprint density at radius 2 is 1.25 bits per heavy atom. The lowest BCUT2D eigenvalue weighted by Gasteiger charge is -2.44. The van der Waals surface area contributed by atoms with Crippen LogP contribution in [-0.2, 0) is 5.41 Å². The molecular formula is C44H44BNO2. The van der Waals surface area contributed by atoms with Gasteiger partial charge in [-0.05, 0) is 121 Å². The molecule has 0 radical (unpaired) electrons. The largest absolute Gasteiger partial charge is 0.458 e. The number of fused-ring (bicyclic) bond motifs is 6. The third-order valence-corrected chi connectivity index (χ3v) is 11.9. The Bertz CT molecular complexity index is 2010. The molecule has 2 bridgehead atoms. The molecule has 5 aromatic rings. The summed E-state index contributed by atoms with van der Waals surface area (Å²) in [7, 11) is 0. The number of para-hydroxylation sites is 2. The van der Waals surface area contributed by atoms with E-state index in [0.29, 0.717) is 0 Å². The number of rotatable bonds is 4. The second-order valence-electron chi connectivity index (χ2n) is 15.0. The molecule has 2 aliphatic heterocycles. The average molecular weight is 630 g/mol. The van der Waals surface area contributed by atoms with Crippen LogP contribution in [0.1, 0.15) is 80.0 Å². The number of nitrogens with zero attached hydrogens (tertiary/aromatic N) is 1. The lowest BCUT2D eigenvalue weighted by molar-refractivity contribution is 0.176. The van der Waals surface area contributed by atoms with Crippen molar-refractivity contribution in [1.29, 1.82) is 0 Å². The third kappa shape index (κ3) is 4.87. The SMILES string of the molecule is Cc1ccc2c(c1)Oc1cc(C34CCCCCC(CCC3)C4)cc3c1B2c1ccc(N(c2ccccc2C)c2ccccc2C)cc1O3. The number of aryl methyl sites for hydroxylation is 3. The van der Waals surface area contributed by atoms with Crippen LogP contribution in [0, 0.1) is 26.7 Å². The van der Waals surface area contributed by atoms with Crippen molar-refractivity contribution >= 4 is 40.2 Å². The molecule has 9 rings (SSSR count). The number of benzene rings is 5. The number of ether oxygens (including phenoxy) is 2. The highest BCUT2D eigenvalue weighted by Crippen LogP contribution is 2.51. The van der Waals surface area contributed by atoms with Crippen LogP contribution in [0.5, 0.6) is 23.0 Å². The first-order valence-electron chi connectivity index (χ1n) is 18.2. The number of hydrogen-bond acceptors (Lipinski definition) is 3. The fourth-order valence-corrected chi connectivity index (χ4v) is 9.51. The molecule has 4 aliphatic rings. The van der Waals surface area contributed by atoms with Gasteiger partial charge in [0.2, 0.25) is 0 Å². The summed E-state index contributed by atoms with van der Waals surface area (Å²) in [6, 6.07) is 35.7. The van der Waals surface area contributed by atoms with Gasteiger partial charge in [0, 0.05) is 28.6 Å². The molecule has 0 amide bonds. The highest BCUT2D eigenvalue weighted by atomic mass is 16.5. The monoisotopic (exact) mass is 629 g/mol. The number of hydrogen-bond donors (Lipinski definition) is 0. The second-order valence-corrected chi connectivity index (χ2v) is 15.0. The minimum absolute atomic E-state index is 0.0607. The van der Waals surface area contributed by atoms with Gasteiger partial charge in [-0.25, -0.2) is 0 Å². The predicted molar refractivity (Wildman–Crippen MR) is 200 cm³/mol. The molecule has 0 N–H and O–H groups in total. The Morgan fingerprint density at radius 3 is 1.96 bits per heavy atom. The summed E-state index contributed by atoms with van der Waals surface area (Å²) in [5.74, 6) is 4.71. The fraction of sp³-hybridized carbons (Fsp3) is 0.318. The average Bonchev–Trinajstić information content (AvgIpc) is 3.09. The molecule has 2 atom stereocenters. The van der Waals surface area contributed by atoms with Crippen molar-refractivity contribution in [2.24, 2.45) is 5.92 Å². The molecule has 2 aliphatic carbocycles. The summed E-state index contributed by atoms with van der Waals surface area (Å²) in [5.41, 5.74) is 12.4. The highest BCUT2D eigenvalue weighted by molar-refractivity contribution is 6.98. The van der Waals surface area contributed by atoms with E-state index in [4.69, 9.17) is 9.47 Å². The van der Waals surface area contributed by atoms with E-state index < -0.39 is 0 Å². The molecule has 48 heavy (non-hydrogen) atoms. The van der Waals surface area contributed by atoms with Crippen LogP contribution in [0.4, 0.5) is 17.1 Å². The van der Waals surface area contributed by atoms with Crippen molar-refractivity contribution in [3.63, 3.8) is 0 Å². The summed E-state index contributed by atoms with van der Waals surface area (Å²) < 4.78 is 14.0. The third-order valence-electron chi connectivity index (χ3n) is 11.9. The molecule has 5 aromatic carbocycles. The van der Waals surface area contributed by atoms with Crippen molar-refractivity contribution in [2.45, 2.75) is 84.0 Å². The van der Waals surface area contributed by atoms with Gasteiger partial charge in [0.25, 0.3) is 6.71 Å². The van der Waals surface area contributed by atoms with Gasteiger partial charge in [0.15, 0.2) is 0 Å². The maximum atomic E-state index is 7.10. The molecule has 2 unspecified atom stereocenters. The van der Waals surface area contributed by atoms with E-state index in [-0.39, 0.29) is 12.1 Å². The van der Waals surface area contributed by atoms with Crippen molar-refractivity contribution in [2.75, 3.05) is 4.90 Å². The zero-order chi connectivity index (χ0) is 32.4. The summed E-state index contributed by atoms with van der Waals surface area (Å²) in [6.07, 6.45) is 12.0. The normalized spacial score (nSPS) is 20.6. The van der Waals surface area contributed by atoms with Gasteiger partial charge < -0.3 is 14.4 Å². The summed E-state index contributed by atoms with van der Waals surface area (Å²) >= 11 is 0. The van der Waals surface area contributed by atoms with Crippen molar-refractivity contribution < 1.29 is 9.47 Å². The molecular weight excluding hydrogens is 585 g/mol. The molecule has 2 heterocycles. The van der Waals surface area contributed by atoms with Gasteiger partial charge in [0.05, 0.1) is 0 Å². The minimum atomic E-state index is 0.0607. The Kier molecular flexibility index (Phi) is 7.18. The van der Waals surface area contributed by atoms with E-state index in [2.05, 4.69) is 123 Å². The topological polar surface area (TPSA) is 21.7 Å². The van der Waals surface area contributed by atoms with Crippen molar-refractivity contribution in [1.82, 2.24) is 0 Å². The van der Waals surface area contributed by atoms with Crippen LogP contribution in [0.15, 0.2) is 97.1 Å². The molecule has 3 nitrogen and oxygen atoms in total. The van der Waals surface area contributed by atoms with Crippen molar-refractivity contribution in [3.05, 3.63) is 119 Å². The van der Waals surface area contributed by atoms with Crippen LogP contribution in [-0.4, -0.2) is 6.71 Å². The predicted octanol–water partition coefficient (Wildman–Crippen LogP) is 10.2. The quantitative estimate of drug-likeness (QED) is 0.181. The molecule has 2 fully saturated rings. The summed E-state index contributed by atoms with van der Waals surface area (Å²) in [4.78, 5) is 2.39. The molecule has 4 heteroatoms. The summed E-state index contributed by atoms with van der Waals surface area (Å²) in [5, 5.41) is 0. The van der Waals surface area contributed by atoms with Crippen LogP contribution in [0.3, 0.4) is 0 Å². The van der Waals surface area contributed by atoms with Gasteiger partial charge in [-0.15, -0.1) is 0 Å². The molecule has 0 spiro atoms. The highest BCUT2D eigenvalue weighted by Gasteiger charge is 2.44. The first-order valence-corrected chi connectivity index (χ1v) is 18.2. The Hall–Kier alpha value is -4.44. The van der Waals surface area contributed by atoms with Crippen LogP contribution in [0.2, 0.25) is 0 Å². The zero-order valence-corrected chi connectivity index (χ0v) is 28.5. The van der Waals surface area contributed by atoms with E-state index in [1.54, 1.807) is 0 Å². The van der Waals surface area contributed by atoms with E-state index in [0.717, 1.165) is 34.6 Å². The maximum Gasteiger partial charge on any atom is 0.260 e. The molecule has 0 saturated heterocycles. The molecule has 240 valence electrons. The maximum absolute atomic E-state index is 7.10. The van der Waals surface area contributed by atoms with Crippen molar-refractivity contribution in [3.8, 4) is 23.0 Å². The standard InChI is InChI=1S/C44H44BNO2/c1-29-18-20-35-39(24-29)47-41-25-33(44-22-10-4-5-14-32(28-44)15-11-23-44)26-42-43(41)45(35)36-21-19-34(27-40(36)48-42)46(37-16-8-6-12-30(37)2)38-17-9-7-13-31(38)3/h6-9,12-13,16-21,24-27,32H,4-5,10-11,14-15,22-23,28H2,1-3H3. The first kappa shape index (κ1) is 29.7. The van der Waals surface area contributed by atoms with E-state index >= 15 is 0 Å². The summed E-state index contributed by atoms with van der Waals surface area (Å²) in [6.45, 7) is 6.61. The minimum Gasteiger partial charge on any atom is -0.458 e. The smallest absolute Gasteiger partial charge is 0.260 e. The Morgan fingerprint density at radius 1 is 0.625 bits per heavy atom. The van der Waals surface area contributed by atoms with E-state index in [1.165, 1.54) is 108 Å². The second kappa shape index (κ2) is 11.6. The Balaban J connectivity index is 1.22. The zero-order valence-electron chi connectivity index (χ0n) is 28.5. The fourth-order valence-electron chi connectivity index (χ4n) is 9.51. The van der Waals surface area contributed by atoms with Crippen LogP contribution >= 0.6 is 0 Å². The van der Waals surface area contributed by atoms with Gasteiger partial charge in [0.1, 0.15) is 23.0 Å². The molecule has 2 saturated carbocycles. The lowest BCUT2D eigenvalue weighted by Crippen LogP contribution is -2.57. The van der Waals surface area contributed by atoms with Gasteiger partial charge in [-0.2, -0.15) is 0 Å². The molecule has 0 aromatic heterocycles. The van der Waals surface area contributed by atoms with Gasteiger partial charge >= 0.3 is 0 Å². The lowest BCUT2D eigenvalue weighted by atomic mass is 9.34. The first-order chi connectivity index (χ1) is 23.5. The van der Waals surface area contributed by atoms with E-state index in [9.17, 15) is 0 Å². The Labute approximate surface area is 286 Å². The number of anilines is 3.